The first kappa shape index (κ1) is 16.9. The Morgan fingerprint density at radius 3 is 2.29 bits per heavy atom. The second kappa shape index (κ2) is 10.3. The summed E-state index contributed by atoms with van der Waals surface area (Å²) in [4.78, 5) is 2.66. The lowest BCUT2D eigenvalue weighted by molar-refractivity contribution is 0.262. The number of unbranched alkanes of at least 4 members (excludes halogenated alkanes) is 6. The van der Waals surface area contributed by atoms with Crippen LogP contribution in [0.4, 0.5) is 0 Å². The number of benzene rings is 1. The fraction of sp³-hybridized carbons (Fsp3) is 0.684. The number of rotatable bonds is 9. The van der Waals surface area contributed by atoms with Crippen molar-refractivity contribution >= 4 is 12.6 Å². The number of fused-ring (bicyclic) bond motifs is 1. The molecule has 0 amide bonds. The van der Waals surface area contributed by atoms with Gasteiger partial charge in [-0.3, -0.25) is 4.90 Å². The largest absolute Gasteiger partial charge is 0.299 e. The topological polar surface area (TPSA) is 3.24 Å². The third-order valence-corrected chi connectivity index (χ3v) is 4.88. The van der Waals surface area contributed by atoms with E-state index >= 15 is 0 Å². The third kappa shape index (κ3) is 6.44. The van der Waals surface area contributed by atoms with E-state index in [9.17, 15) is 0 Å². The first-order valence-corrected chi connectivity index (χ1v) is 9.43. The second-order valence-corrected chi connectivity index (χ2v) is 6.79. The maximum atomic E-state index is 4.26. The number of aryl methyl sites for hydroxylation is 1. The van der Waals surface area contributed by atoms with Crippen LogP contribution in [0, 0.1) is 0 Å². The summed E-state index contributed by atoms with van der Waals surface area (Å²) in [6.45, 7) is 3.72. The van der Waals surface area contributed by atoms with Gasteiger partial charge in [0.2, 0.25) is 0 Å². The molecule has 1 aliphatic rings. The predicted octanol–water partition coefficient (Wildman–Crippen LogP) is 5.10. The van der Waals surface area contributed by atoms with Crippen LogP contribution in [0.2, 0.25) is 0 Å². The zero-order valence-electron chi connectivity index (χ0n) is 13.4. The van der Waals surface area contributed by atoms with Crippen LogP contribution in [0.5, 0.6) is 0 Å². The van der Waals surface area contributed by atoms with E-state index in [2.05, 4.69) is 41.8 Å². The Hall–Kier alpha value is -0.470. The van der Waals surface area contributed by atoms with Crippen molar-refractivity contribution in [3.63, 3.8) is 0 Å². The summed E-state index contributed by atoms with van der Waals surface area (Å²) in [6, 6.07) is 8.99. The molecule has 1 aromatic rings. The van der Waals surface area contributed by atoms with Crippen molar-refractivity contribution in [2.24, 2.45) is 0 Å². The van der Waals surface area contributed by atoms with Gasteiger partial charge in [0.25, 0.3) is 0 Å². The molecular weight excluding hydrogens is 274 g/mol. The Balaban J connectivity index is 1.59. The summed E-state index contributed by atoms with van der Waals surface area (Å²) in [6.07, 6.45) is 12.2. The quantitative estimate of drug-likeness (QED) is 0.491. The molecule has 0 fully saturated rings. The van der Waals surface area contributed by atoms with Gasteiger partial charge in [0.05, 0.1) is 0 Å². The van der Waals surface area contributed by atoms with Crippen LogP contribution >= 0.6 is 12.6 Å². The standard InChI is InChI=1S/C19H31NS/c21-16-9-5-3-1-2-4-8-14-20-15-10-13-18-11-6-7-12-19(18)17-20/h6-7,11-12,21H,1-5,8-10,13-17H2. The molecule has 0 spiro atoms. The van der Waals surface area contributed by atoms with Crippen LogP contribution in [-0.2, 0) is 13.0 Å². The van der Waals surface area contributed by atoms with Crippen LogP contribution in [0.3, 0.4) is 0 Å². The maximum absolute atomic E-state index is 4.26. The highest BCUT2D eigenvalue weighted by atomic mass is 32.1. The highest BCUT2D eigenvalue weighted by Gasteiger charge is 2.13. The number of thiol groups is 1. The van der Waals surface area contributed by atoms with Crippen LogP contribution in [-0.4, -0.2) is 23.7 Å². The van der Waals surface area contributed by atoms with Crippen molar-refractivity contribution in [1.29, 1.82) is 0 Å². The SMILES string of the molecule is SCCCCCCCCCN1CCCc2ccccc2C1. The molecule has 1 aromatic carbocycles. The fourth-order valence-corrected chi connectivity index (χ4v) is 3.51. The number of hydrogen-bond donors (Lipinski definition) is 1. The monoisotopic (exact) mass is 305 g/mol. The van der Waals surface area contributed by atoms with Crippen molar-refractivity contribution in [3.05, 3.63) is 35.4 Å². The Kier molecular flexibility index (Phi) is 8.28. The maximum Gasteiger partial charge on any atom is 0.0236 e. The molecule has 2 heteroatoms. The molecule has 0 radical (unpaired) electrons. The molecule has 21 heavy (non-hydrogen) atoms. The average Bonchev–Trinajstić information content (AvgIpc) is 2.71. The van der Waals surface area contributed by atoms with Crippen molar-refractivity contribution in [1.82, 2.24) is 4.90 Å². The molecule has 0 atom stereocenters. The normalized spacial score (nSPS) is 15.7. The third-order valence-electron chi connectivity index (χ3n) is 4.57. The van der Waals surface area contributed by atoms with Crippen molar-refractivity contribution < 1.29 is 0 Å². The predicted molar refractivity (Wildman–Crippen MR) is 96.2 cm³/mol. The molecule has 0 aliphatic carbocycles. The lowest BCUT2D eigenvalue weighted by atomic mass is 10.0. The van der Waals surface area contributed by atoms with Crippen LogP contribution in [0.15, 0.2) is 24.3 Å². The van der Waals surface area contributed by atoms with Crippen LogP contribution < -0.4 is 0 Å². The van der Waals surface area contributed by atoms with E-state index in [1.807, 2.05) is 0 Å². The van der Waals surface area contributed by atoms with Gasteiger partial charge >= 0.3 is 0 Å². The van der Waals surface area contributed by atoms with Crippen molar-refractivity contribution in [3.8, 4) is 0 Å². The molecule has 0 aromatic heterocycles. The Morgan fingerprint density at radius 2 is 1.52 bits per heavy atom. The molecular formula is C19H31NS. The summed E-state index contributed by atoms with van der Waals surface area (Å²) in [5.41, 5.74) is 3.13. The molecule has 1 aliphatic heterocycles. The van der Waals surface area contributed by atoms with Gasteiger partial charge in [-0.25, -0.2) is 0 Å². The molecule has 0 saturated carbocycles. The molecule has 118 valence electrons. The van der Waals surface area contributed by atoms with Crippen molar-refractivity contribution in [2.45, 2.75) is 64.3 Å². The summed E-state index contributed by atoms with van der Waals surface area (Å²) in [5, 5.41) is 0. The number of nitrogens with zero attached hydrogens (tertiary/aromatic N) is 1. The van der Waals surface area contributed by atoms with Crippen LogP contribution in [0.25, 0.3) is 0 Å². The average molecular weight is 306 g/mol. The summed E-state index contributed by atoms with van der Waals surface area (Å²) >= 11 is 4.26. The van der Waals surface area contributed by atoms with Gasteiger partial charge < -0.3 is 0 Å². The van der Waals surface area contributed by atoms with E-state index in [1.165, 1.54) is 70.9 Å². The first-order valence-electron chi connectivity index (χ1n) is 8.80. The zero-order chi connectivity index (χ0) is 14.8. The first-order chi connectivity index (χ1) is 10.4. The number of hydrogen-bond acceptors (Lipinski definition) is 2. The van der Waals surface area contributed by atoms with Gasteiger partial charge in [0.15, 0.2) is 0 Å². The van der Waals surface area contributed by atoms with E-state index in [0.29, 0.717) is 0 Å². The van der Waals surface area contributed by atoms with Gasteiger partial charge in [-0.05, 0) is 55.7 Å². The Morgan fingerprint density at radius 1 is 0.857 bits per heavy atom. The fourth-order valence-electron chi connectivity index (χ4n) is 3.29. The smallest absolute Gasteiger partial charge is 0.0236 e. The second-order valence-electron chi connectivity index (χ2n) is 6.35. The van der Waals surface area contributed by atoms with E-state index in [0.717, 1.165) is 12.3 Å². The van der Waals surface area contributed by atoms with Gasteiger partial charge in [0, 0.05) is 6.54 Å². The summed E-state index contributed by atoms with van der Waals surface area (Å²) < 4.78 is 0. The lowest BCUT2D eigenvalue weighted by Gasteiger charge is -2.20. The van der Waals surface area contributed by atoms with Gasteiger partial charge in [-0.2, -0.15) is 12.6 Å². The van der Waals surface area contributed by atoms with Gasteiger partial charge in [0.1, 0.15) is 0 Å². The van der Waals surface area contributed by atoms with Crippen molar-refractivity contribution in [2.75, 3.05) is 18.8 Å². The summed E-state index contributed by atoms with van der Waals surface area (Å²) in [5.74, 6) is 1.05. The minimum Gasteiger partial charge on any atom is -0.299 e. The highest BCUT2D eigenvalue weighted by molar-refractivity contribution is 7.80. The molecule has 0 N–H and O–H groups in total. The van der Waals surface area contributed by atoms with E-state index in [4.69, 9.17) is 0 Å². The Bertz CT molecular complexity index is 391. The minimum absolute atomic E-state index is 1.05. The summed E-state index contributed by atoms with van der Waals surface area (Å²) in [7, 11) is 0. The molecule has 1 heterocycles. The van der Waals surface area contributed by atoms with Gasteiger partial charge in [-0.1, -0.05) is 56.4 Å². The van der Waals surface area contributed by atoms with E-state index in [1.54, 1.807) is 11.1 Å². The van der Waals surface area contributed by atoms with E-state index < -0.39 is 0 Å². The molecule has 0 unspecified atom stereocenters. The lowest BCUT2D eigenvalue weighted by Crippen LogP contribution is -2.24. The molecule has 1 nitrogen and oxygen atoms in total. The highest BCUT2D eigenvalue weighted by Crippen LogP contribution is 2.19. The molecule has 0 bridgehead atoms. The van der Waals surface area contributed by atoms with Gasteiger partial charge in [-0.15, -0.1) is 0 Å². The van der Waals surface area contributed by atoms with E-state index in [-0.39, 0.29) is 0 Å². The molecule has 0 saturated heterocycles. The molecule has 2 rings (SSSR count). The zero-order valence-corrected chi connectivity index (χ0v) is 14.3. The minimum atomic E-state index is 1.05. The van der Waals surface area contributed by atoms with Crippen LogP contribution in [0.1, 0.15) is 62.5 Å². The Labute approximate surface area is 136 Å².